The van der Waals surface area contributed by atoms with Crippen molar-refractivity contribution in [2.45, 2.75) is 58.8 Å². The second-order valence-corrected chi connectivity index (χ2v) is 3.97. The summed E-state index contributed by atoms with van der Waals surface area (Å²) in [4.78, 5) is 0. The van der Waals surface area contributed by atoms with E-state index in [-0.39, 0.29) is 0 Å². The highest BCUT2D eigenvalue weighted by atomic mass is 14.0. The first-order valence-electron chi connectivity index (χ1n) is 5.38. The first kappa shape index (κ1) is 12.0. The van der Waals surface area contributed by atoms with Crippen molar-refractivity contribution in [3.8, 4) is 0 Å². The molecule has 0 atom stereocenters. The summed E-state index contributed by atoms with van der Waals surface area (Å²) >= 11 is 0. The molecule has 0 saturated heterocycles. The molecule has 2 radical (unpaired) electrons. The van der Waals surface area contributed by atoms with E-state index in [1.165, 1.54) is 38.5 Å². The summed E-state index contributed by atoms with van der Waals surface area (Å²) in [6, 6.07) is 0. The van der Waals surface area contributed by atoms with Crippen molar-refractivity contribution in [3.63, 3.8) is 0 Å². The average Bonchev–Trinajstić information content (AvgIpc) is 2.02. The third-order valence-electron chi connectivity index (χ3n) is 2.05. The smallest absolute Gasteiger partial charge is 0.0383 e. The Balaban J connectivity index is 2.82. The van der Waals surface area contributed by atoms with Crippen LogP contribution in [-0.4, -0.2) is 0 Å². The molecule has 0 heteroatoms. The van der Waals surface area contributed by atoms with Crippen LogP contribution in [0.1, 0.15) is 58.8 Å². The van der Waals surface area contributed by atoms with Gasteiger partial charge in [-0.3, -0.25) is 0 Å². The van der Waals surface area contributed by atoms with Crippen molar-refractivity contribution in [2.75, 3.05) is 0 Å². The third-order valence-corrected chi connectivity index (χ3v) is 2.05. The molecule has 0 aromatic carbocycles. The van der Waals surface area contributed by atoms with Gasteiger partial charge >= 0.3 is 0 Å². The average molecular weight is 168 g/mol. The number of hydrogen-bond acceptors (Lipinski definition) is 0. The lowest BCUT2D eigenvalue weighted by atomic mass is 10.0. The molecule has 0 spiro atoms. The fourth-order valence-corrected chi connectivity index (χ4v) is 1.27. The zero-order chi connectivity index (χ0) is 9.23. The largest absolute Gasteiger partial charge is 0.0628 e. The van der Waals surface area contributed by atoms with E-state index in [2.05, 4.69) is 27.2 Å². The van der Waals surface area contributed by atoms with Gasteiger partial charge in [-0.25, -0.2) is 0 Å². The Labute approximate surface area is 78.8 Å². The lowest BCUT2D eigenvalue weighted by Crippen LogP contribution is -1.88. The SMILES string of the molecule is [CH2]CCCCCC[CH]CC(C)C. The summed E-state index contributed by atoms with van der Waals surface area (Å²) in [6.45, 7) is 8.39. The highest BCUT2D eigenvalue weighted by molar-refractivity contribution is 4.66. The van der Waals surface area contributed by atoms with E-state index in [0.29, 0.717) is 0 Å². The minimum atomic E-state index is 0.838. The Morgan fingerprint density at radius 2 is 1.75 bits per heavy atom. The molecule has 0 aromatic heterocycles. The molecule has 0 nitrogen and oxygen atoms in total. The van der Waals surface area contributed by atoms with Crippen LogP contribution in [0.25, 0.3) is 0 Å². The summed E-state index contributed by atoms with van der Waals surface area (Å²) in [5.41, 5.74) is 0. The number of unbranched alkanes of at least 4 members (excludes halogenated alkanes) is 6. The predicted molar refractivity (Wildman–Crippen MR) is 56.8 cm³/mol. The molecule has 0 N–H and O–H groups in total. The summed E-state index contributed by atoms with van der Waals surface area (Å²) < 4.78 is 0. The van der Waals surface area contributed by atoms with Crippen molar-refractivity contribution in [2.24, 2.45) is 5.92 Å². The number of hydrogen-bond donors (Lipinski definition) is 0. The molecular weight excluding hydrogens is 144 g/mol. The van der Waals surface area contributed by atoms with Crippen molar-refractivity contribution < 1.29 is 0 Å². The quantitative estimate of drug-likeness (QED) is 0.471. The molecule has 0 rings (SSSR count). The van der Waals surface area contributed by atoms with Gasteiger partial charge in [-0.15, -0.1) is 0 Å². The fourth-order valence-electron chi connectivity index (χ4n) is 1.27. The summed E-state index contributed by atoms with van der Waals surface area (Å²) in [5, 5.41) is 0. The van der Waals surface area contributed by atoms with E-state index in [4.69, 9.17) is 0 Å². The van der Waals surface area contributed by atoms with Gasteiger partial charge in [0.05, 0.1) is 0 Å². The van der Waals surface area contributed by atoms with Gasteiger partial charge in [0, 0.05) is 0 Å². The van der Waals surface area contributed by atoms with Gasteiger partial charge in [-0.1, -0.05) is 59.3 Å². The topological polar surface area (TPSA) is 0 Å². The second-order valence-electron chi connectivity index (χ2n) is 3.97. The van der Waals surface area contributed by atoms with Crippen LogP contribution < -0.4 is 0 Å². The van der Waals surface area contributed by atoms with Gasteiger partial charge in [-0.2, -0.15) is 0 Å². The van der Waals surface area contributed by atoms with Crippen molar-refractivity contribution in [1.29, 1.82) is 0 Å². The van der Waals surface area contributed by atoms with Crippen LogP contribution in [0.3, 0.4) is 0 Å². The minimum absolute atomic E-state index is 0.838. The number of rotatable bonds is 8. The lowest BCUT2D eigenvalue weighted by molar-refractivity contribution is 0.588. The molecule has 0 heterocycles. The Hall–Kier alpha value is 0. The maximum Gasteiger partial charge on any atom is -0.0383 e. The Morgan fingerprint density at radius 1 is 1.08 bits per heavy atom. The Morgan fingerprint density at radius 3 is 2.33 bits per heavy atom. The van der Waals surface area contributed by atoms with Gasteiger partial charge in [0.15, 0.2) is 0 Å². The molecule has 0 amide bonds. The van der Waals surface area contributed by atoms with E-state index < -0.39 is 0 Å². The molecule has 0 bridgehead atoms. The second kappa shape index (κ2) is 9.09. The highest BCUT2D eigenvalue weighted by Gasteiger charge is 1.94. The van der Waals surface area contributed by atoms with Crippen molar-refractivity contribution >= 4 is 0 Å². The van der Waals surface area contributed by atoms with Crippen LogP contribution in [0, 0.1) is 19.3 Å². The molecule has 0 unspecified atom stereocenters. The zero-order valence-electron chi connectivity index (χ0n) is 8.81. The van der Waals surface area contributed by atoms with E-state index in [1.807, 2.05) is 0 Å². The van der Waals surface area contributed by atoms with Crippen LogP contribution in [-0.2, 0) is 0 Å². The minimum Gasteiger partial charge on any atom is -0.0628 e. The standard InChI is InChI=1S/C12H24/c1-4-5-6-7-8-9-10-11-12(2)3/h10,12H,1,4-9,11H2,2-3H3. The summed E-state index contributed by atoms with van der Waals surface area (Å²) in [5.74, 6) is 0.838. The first-order chi connectivity index (χ1) is 5.77. The first-order valence-corrected chi connectivity index (χ1v) is 5.38. The molecule has 0 aromatic rings. The molecule has 72 valence electrons. The highest BCUT2D eigenvalue weighted by Crippen LogP contribution is 2.10. The van der Waals surface area contributed by atoms with Crippen LogP contribution in [0.4, 0.5) is 0 Å². The predicted octanol–water partition coefficient (Wildman–Crippen LogP) is 4.41. The van der Waals surface area contributed by atoms with Crippen LogP contribution in [0.2, 0.25) is 0 Å². The molecule has 12 heavy (non-hydrogen) atoms. The Bertz CT molecular complexity index is 74.1. The van der Waals surface area contributed by atoms with E-state index >= 15 is 0 Å². The fraction of sp³-hybridized carbons (Fsp3) is 0.833. The van der Waals surface area contributed by atoms with Gasteiger partial charge < -0.3 is 0 Å². The molecule has 0 aliphatic rings. The van der Waals surface area contributed by atoms with Gasteiger partial charge in [0.25, 0.3) is 0 Å². The molecule has 0 fully saturated rings. The van der Waals surface area contributed by atoms with Gasteiger partial charge in [0.1, 0.15) is 0 Å². The van der Waals surface area contributed by atoms with E-state index in [1.54, 1.807) is 0 Å². The van der Waals surface area contributed by atoms with Gasteiger partial charge in [-0.05, 0) is 18.8 Å². The van der Waals surface area contributed by atoms with Crippen LogP contribution in [0.5, 0.6) is 0 Å². The maximum atomic E-state index is 3.84. The molecule has 0 saturated carbocycles. The third kappa shape index (κ3) is 10.0. The normalized spacial score (nSPS) is 11.0. The van der Waals surface area contributed by atoms with Crippen molar-refractivity contribution in [1.82, 2.24) is 0 Å². The van der Waals surface area contributed by atoms with Crippen LogP contribution >= 0.6 is 0 Å². The van der Waals surface area contributed by atoms with Gasteiger partial charge in [0.2, 0.25) is 0 Å². The molecule has 0 aliphatic carbocycles. The summed E-state index contributed by atoms with van der Waals surface area (Å²) in [6.07, 6.45) is 11.6. The molecule has 0 aliphatic heterocycles. The van der Waals surface area contributed by atoms with Crippen LogP contribution in [0.15, 0.2) is 0 Å². The molecular formula is C12H24. The Kier molecular flexibility index (Phi) is 9.09. The zero-order valence-corrected chi connectivity index (χ0v) is 8.81. The monoisotopic (exact) mass is 168 g/mol. The van der Waals surface area contributed by atoms with E-state index in [9.17, 15) is 0 Å². The summed E-state index contributed by atoms with van der Waals surface area (Å²) in [7, 11) is 0. The lowest BCUT2D eigenvalue weighted by Gasteiger charge is -2.03. The van der Waals surface area contributed by atoms with Crippen molar-refractivity contribution in [3.05, 3.63) is 13.3 Å². The van der Waals surface area contributed by atoms with E-state index in [0.717, 1.165) is 12.3 Å². The maximum absolute atomic E-state index is 3.84.